The van der Waals surface area contributed by atoms with Crippen LogP contribution in [0.4, 0.5) is 11.4 Å². The Labute approximate surface area is 244 Å². The van der Waals surface area contributed by atoms with Crippen LogP contribution >= 0.6 is 11.3 Å². The first-order valence-corrected chi connectivity index (χ1v) is 15.1. The summed E-state index contributed by atoms with van der Waals surface area (Å²) in [5.74, 6) is 0.0884. The number of anilines is 2. The van der Waals surface area contributed by atoms with E-state index in [0.717, 1.165) is 62.6 Å². The van der Waals surface area contributed by atoms with E-state index in [1.165, 1.54) is 26.9 Å². The fourth-order valence-corrected chi connectivity index (χ4v) is 6.33. The topological polar surface area (TPSA) is 75.2 Å². The Morgan fingerprint density at radius 1 is 0.927 bits per heavy atom. The first kappa shape index (κ1) is 27.2. The maximum Gasteiger partial charge on any atom is 0.358 e. The largest absolute Gasteiger partial charge is 0.494 e. The van der Waals surface area contributed by atoms with Gasteiger partial charge in [0.25, 0.3) is 0 Å². The van der Waals surface area contributed by atoms with Crippen LogP contribution < -0.4 is 14.5 Å². The highest BCUT2D eigenvalue weighted by atomic mass is 32.1. The lowest BCUT2D eigenvalue weighted by Gasteiger charge is -2.36. The molecule has 1 saturated heterocycles. The number of ether oxygens (including phenoxy) is 2. The molecule has 1 fully saturated rings. The van der Waals surface area contributed by atoms with E-state index < -0.39 is 5.97 Å². The summed E-state index contributed by atoms with van der Waals surface area (Å²) >= 11 is 1.80. The summed E-state index contributed by atoms with van der Waals surface area (Å²) in [6.45, 7) is 5.76. The third-order valence-corrected chi connectivity index (χ3v) is 8.66. The van der Waals surface area contributed by atoms with Gasteiger partial charge in [-0.1, -0.05) is 18.2 Å². The van der Waals surface area contributed by atoms with Crippen molar-refractivity contribution in [2.75, 3.05) is 55.9 Å². The molecule has 2 aromatic carbocycles. The Hall–Kier alpha value is -3.95. The van der Waals surface area contributed by atoms with E-state index in [2.05, 4.69) is 44.4 Å². The number of hydrogen-bond acceptors (Lipinski definition) is 8. The van der Waals surface area contributed by atoms with Gasteiger partial charge in [-0.2, -0.15) is 0 Å². The number of thiophene rings is 1. The molecule has 2 aromatic heterocycles. The average Bonchev–Trinajstić information content (AvgIpc) is 3.50. The van der Waals surface area contributed by atoms with Crippen molar-refractivity contribution in [2.24, 2.45) is 0 Å². The summed E-state index contributed by atoms with van der Waals surface area (Å²) in [5, 5.41) is 3.54. The highest BCUT2D eigenvalue weighted by Gasteiger charge is 2.26. The molecule has 0 saturated carbocycles. The van der Waals surface area contributed by atoms with Gasteiger partial charge in [-0.05, 0) is 73.1 Å². The van der Waals surface area contributed by atoms with E-state index in [1.54, 1.807) is 29.5 Å². The fourth-order valence-electron chi connectivity index (χ4n) is 5.52. The molecule has 0 unspecified atom stereocenters. The Morgan fingerprint density at radius 3 is 2.68 bits per heavy atom. The minimum atomic E-state index is -0.556. The number of hydrogen-bond donors (Lipinski definition) is 0. The highest BCUT2D eigenvalue weighted by molar-refractivity contribution is 7.17. The van der Waals surface area contributed by atoms with Crippen LogP contribution in [0.1, 0.15) is 35.3 Å². The number of benzene rings is 2. The summed E-state index contributed by atoms with van der Waals surface area (Å²) in [4.78, 5) is 35.6. The van der Waals surface area contributed by atoms with Gasteiger partial charge in [0.1, 0.15) is 11.4 Å². The smallest absolute Gasteiger partial charge is 0.358 e. The Bertz CT molecular complexity index is 1500. The number of esters is 1. The lowest BCUT2D eigenvalue weighted by Crippen LogP contribution is -2.46. The van der Waals surface area contributed by atoms with Crippen LogP contribution in [-0.2, 0) is 16.0 Å². The van der Waals surface area contributed by atoms with Gasteiger partial charge < -0.3 is 14.4 Å². The third-order valence-electron chi connectivity index (χ3n) is 7.78. The van der Waals surface area contributed by atoms with Crippen molar-refractivity contribution in [3.63, 3.8) is 0 Å². The quantitative estimate of drug-likeness (QED) is 0.187. The average molecular weight is 571 g/mol. The third kappa shape index (κ3) is 6.36. The minimum Gasteiger partial charge on any atom is -0.494 e. The molecular formula is C32H34N4O4S. The first-order valence-electron chi connectivity index (χ1n) is 14.2. The highest BCUT2D eigenvalue weighted by Crippen LogP contribution is 2.32. The summed E-state index contributed by atoms with van der Waals surface area (Å²) in [6.07, 6.45) is 4.60. The molecule has 41 heavy (non-hydrogen) atoms. The zero-order chi connectivity index (χ0) is 28.0. The number of unbranched alkanes of at least 4 members (excludes halogenated alkanes) is 1. The second-order valence-corrected chi connectivity index (χ2v) is 11.3. The molecular weight excluding hydrogens is 536 g/mol. The molecule has 0 atom stereocenters. The molecule has 4 aromatic rings. The fraction of sp³-hybridized carbons (Fsp3) is 0.344. The summed E-state index contributed by atoms with van der Waals surface area (Å²) in [7, 11) is 0. The van der Waals surface area contributed by atoms with Crippen LogP contribution in [0.25, 0.3) is 10.1 Å². The number of rotatable bonds is 10. The molecule has 2 aliphatic rings. The molecule has 0 aliphatic carbocycles. The lowest BCUT2D eigenvalue weighted by atomic mass is 10.0. The van der Waals surface area contributed by atoms with Crippen molar-refractivity contribution in [3.8, 4) is 5.75 Å². The Kier molecular flexibility index (Phi) is 8.44. The normalized spacial score (nSPS) is 15.7. The van der Waals surface area contributed by atoms with E-state index in [9.17, 15) is 9.59 Å². The van der Waals surface area contributed by atoms with Crippen molar-refractivity contribution in [1.82, 2.24) is 9.88 Å². The Balaban J connectivity index is 0.955. The predicted molar refractivity (Wildman–Crippen MR) is 162 cm³/mol. The van der Waals surface area contributed by atoms with Crippen molar-refractivity contribution >= 4 is 44.7 Å². The summed E-state index contributed by atoms with van der Waals surface area (Å²) < 4.78 is 12.8. The lowest BCUT2D eigenvalue weighted by molar-refractivity contribution is -0.119. The molecule has 212 valence electrons. The van der Waals surface area contributed by atoms with E-state index in [-0.39, 0.29) is 18.3 Å². The number of carbonyl (C=O) groups is 2. The van der Waals surface area contributed by atoms with E-state index in [1.807, 2.05) is 18.2 Å². The Morgan fingerprint density at radius 2 is 1.83 bits per heavy atom. The van der Waals surface area contributed by atoms with Crippen molar-refractivity contribution < 1.29 is 19.1 Å². The maximum absolute atomic E-state index is 12.7. The molecule has 8 nitrogen and oxygen atoms in total. The number of nitrogens with zero attached hydrogens (tertiary/aromatic N) is 4. The molecule has 9 heteroatoms. The summed E-state index contributed by atoms with van der Waals surface area (Å²) in [6, 6.07) is 19.7. The zero-order valence-corrected chi connectivity index (χ0v) is 23.9. The second-order valence-electron chi connectivity index (χ2n) is 10.4. The van der Waals surface area contributed by atoms with E-state index in [4.69, 9.17) is 9.47 Å². The summed E-state index contributed by atoms with van der Waals surface area (Å²) in [5.41, 5.74) is 3.35. The van der Waals surface area contributed by atoms with Crippen LogP contribution in [0.2, 0.25) is 0 Å². The molecule has 6 rings (SSSR count). The number of carbonyl (C=O) groups excluding carboxylic acids is 2. The maximum atomic E-state index is 12.7. The second kappa shape index (κ2) is 12.7. The van der Waals surface area contributed by atoms with Gasteiger partial charge >= 0.3 is 5.97 Å². The molecule has 1 amide bonds. The van der Waals surface area contributed by atoms with Gasteiger partial charge in [0.05, 0.1) is 12.3 Å². The number of aromatic nitrogens is 1. The number of piperazine rings is 1. The van der Waals surface area contributed by atoms with E-state index in [0.29, 0.717) is 19.4 Å². The van der Waals surface area contributed by atoms with Gasteiger partial charge in [-0.15, -0.1) is 11.3 Å². The monoisotopic (exact) mass is 570 g/mol. The first-order chi connectivity index (χ1) is 20.2. The molecule has 2 aliphatic heterocycles. The van der Waals surface area contributed by atoms with Crippen LogP contribution in [0, 0.1) is 0 Å². The van der Waals surface area contributed by atoms with Crippen LogP contribution in [-0.4, -0.2) is 67.8 Å². The zero-order valence-electron chi connectivity index (χ0n) is 23.0. The standard InChI is InChI=1S/C32H34N4O4S/c37-31-12-10-24-9-11-25(22-29(24)36(31)23-40-32(38)27-6-1-2-14-33-27)39-20-4-3-15-34-16-18-35(19-17-34)28-7-5-8-30-26(28)13-21-41-30/h1-2,5-9,11,13-14,21-22H,3-4,10,12,15-20,23H2. The molecule has 0 N–H and O–H groups in total. The van der Waals surface area contributed by atoms with Crippen molar-refractivity contribution in [3.05, 3.63) is 83.5 Å². The van der Waals surface area contributed by atoms with Crippen LogP contribution in [0.5, 0.6) is 5.75 Å². The molecule has 0 spiro atoms. The van der Waals surface area contributed by atoms with Crippen molar-refractivity contribution in [1.29, 1.82) is 0 Å². The van der Waals surface area contributed by atoms with Crippen LogP contribution in [0.15, 0.2) is 72.2 Å². The number of fused-ring (bicyclic) bond motifs is 2. The molecule has 4 heterocycles. The molecule has 0 bridgehead atoms. The van der Waals surface area contributed by atoms with Gasteiger partial charge in [-0.25, -0.2) is 9.78 Å². The number of amides is 1. The van der Waals surface area contributed by atoms with Gasteiger partial charge in [0.2, 0.25) is 5.91 Å². The number of aryl methyl sites for hydroxylation is 1. The number of pyridine rings is 1. The van der Waals surface area contributed by atoms with Crippen molar-refractivity contribution in [2.45, 2.75) is 25.7 Å². The van der Waals surface area contributed by atoms with Gasteiger partial charge in [-0.3, -0.25) is 14.6 Å². The van der Waals surface area contributed by atoms with Gasteiger partial charge in [0.15, 0.2) is 6.73 Å². The predicted octanol–water partition coefficient (Wildman–Crippen LogP) is 5.37. The molecule has 0 radical (unpaired) electrons. The SMILES string of the molecule is O=C(OCN1C(=O)CCc2ccc(OCCCCN3CCN(c4cccc5sccc45)CC3)cc21)c1ccccn1. The minimum absolute atomic E-state index is 0.0735. The van der Waals surface area contributed by atoms with Crippen LogP contribution in [0.3, 0.4) is 0 Å². The van der Waals surface area contributed by atoms with E-state index >= 15 is 0 Å². The van der Waals surface area contributed by atoms with Gasteiger partial charge in [0, 0.05) is 60.6 Å².